The highest BCUT2D eigenvalue weighted by atomic mass is 35.5. The minimum absolute atomic E-state index is 0.00823. The molecule has 8 heteroatoms. The van der Waals surface area contributed by atoms with Crippen molar-refractivity contribution >= 4 is 55.2 Å². The van der Waals surface area contributed by atoms with Crippen molar-refractivity contribution in [3.05, 3.63) is 59.4 Å². The molecule has 0 unspecified atom stereocenters. The molecule has 1 saturated heterocycles. The Balaban J connectivity index is 1.36. The Morgan fingerprint density at radius 1 is 1.00 bits per heavy atom. The molecule has 1 aliphatic heterocycles. The van der Waals surface area contributed by atoms with E-state index >= 15 is 0 Å². The number of halogens is 1. The number of rotatable bonds is 2. The van der Waals surface area contributed by atoms with Crippen molar-refractivity contribution < 1.29 is 4.79 Å². The SMILES string of the molecule is O=C(c1cc(Cl)nc2ccccc12)N1CCN(c2nc3cccnc3s2)CC1. The van der Waals surface area contributed by atoms with E-state index in [4.69, 9.17) is 11.6 Å². The normalized spacial score (nSPS) is 14.8. The lowest BCUT2D eigenvalue weighted by molar-refractivity contribution is 0.0748. The van der Waals surface area contributed by atoms with Crippen LogP contribution in [0.3, 0.4) is 0 Å². The van der Waals surface area contributed by atoms with Gasteiger partial charge in [0.05, 0.1) is 11.1 Å². The predicted molar refractivity (Wildman–Crippen MR) is 112 cm³/mol. The monoisotopic (exact) mass is 409 g/mol. The second-order valence-corrected chi connectivity index (χ2v) is 7.96. The van der Waals surface area contributed by atoms with Crippen molar-refractivity contribution in [1.82, 2.24) is 19.9 Å². The zero-order valence-corrected chi connectivity index (χ0v) is 16.5. The number of pyridine rings is 2. The fraction of sp³-hybridized carbons (Fsp3) is 0.200. The van der Waals surface area contributed by atoms with Gasteiger partial charge in [-0.1, -0.05) is 41.1 Å². The second-order valence-electron chi connectivity index (χ2n) is 6.61. The first-order valence-electron chi connectivity index (χ1n) is 9.00. The Labute approximate surface area is 170 Å². The number of carbonyl (C=O) groups excluding carboxylic acids is 1. The molecule has 3 aromatic heterocycles. The summed E-state index contributed by atoms with van der Waals surface area (Å²) in [6.45, 7) is 2.75. The van der Waals surface area contributed by atoms with Crippen molar-refractivity contribution in [3.8, 4) is 0 Å². The quantitative estimate of drug-likeness (QED) is 0.470. The Bertz CT molecular complexity index is 1150. The van der Waals surface area contributed by atoms with E-state index in [1.54, 1.807) is 23.6 Å². The zero-order valence-electron chi connectivity index (χ0n) is 14.9. The summed E-state index contributed by atoms with van der Waals surface area (Å²) in [5.41, 5.74) is 2.26. The van der Waals surface area contributed by atoms with Crippen LogP contribution in [-0.2, 0) is 0 Å². The Morgan fingerprint density at radius 2 is 1.79 bits per heavy atom. The molecule has 0 bridgehead atoms. The highest BCUT2D eigenvalue weighted by molar-refractivity contribution is 7.21. The standard InChI is InChI=1S/C20H16ClN5OS/c21-17-12-14(13-4-1-2-5-15(13)23-17)19(27)25-8-10-26(11-9-25)20-24-16-6-3-7-22-18(16)28-20/h1-7,12H,8-11H2. The van der Waals surface area contributed by atoms with Gasteiger partial charge in [-0.05, 0) is 24.3 Å². The van der Waals surface area contributed by atoms with Crippen LogP contribution in [0.4, 0.5) is 5.13 Å². The summed E-state index contributed by atoms with van der Waals surface area (Å²) in [4.78, 5) is 31.5. The molecule has 4 heterocycles. The summed E-state index contributed by atoms with van der Waals surface area (Å²) >= 11 is 7.73. The van der Waals surface area contributed by atoms with E-state index in [1.807, 2.05) is 41.3 Å². The van der Waals surface area contributed by atoms with E-state index in [2.05, 4.69) is 19.9 Å². The average molecular weight is 410 g/mol. The van der Waals surface area contributed by atoms with Gasteiger partial charge in [0.2, 0.25) is 0 Å². The highest BCUT2D eigenvalue weighted by Crippen LogP contribution is 2.28. The van der Waals surface area contributed by atoms with E-state index in [0.29, 0.717) is 23.8 Å². The fourth-order valence-corrected chi connectivity index (χ4v) is 4.65. The zero-order chi connectivity index (χ0) is 19.1. The van der Waals surface area contributed by atoms with Crippen LogP contribution in [0.5, 0.6) is 0 Å². The van der Waals surface area contributed by atoms with Crippen LogP contribution in [0.15, 0.2) is 48.7 Å². The van der Waals surface area contributed by atoms with Crippen molar-refractivity contribution in [2.45, 2.75) is 0 Å². The fourth-order valence-electron chi connectivity index (χ4n) is 3.48. The molecule has 28 heavy (non-hydrogen) atoms. The topological polar surface area (TPSA) is 62.2 Å². The van der Waals surface area contributed by atoms with Crippen LogP contribution in [0.1, 0.15) is 10.4 Å². The number of nitrogens with zero attached hydrogens (tertiary/aromatic N) is 5. The minimum atomic E-state index is -0.00823. The number of aromatic nitrogens is 3. The molecule has 0 saturated carbocycles. The first-order chi connectivity index (χ1) is 13.7. The summed E-state index contributed by atoms with van der Waals surface area (Å²) in [6, 6.07) is 13.1. The van der Waals surface area contributed by atoms with Gasteiger partial charge >= 0.3 is 0 Å². The first-order valence-corrected chi connectivity index (χ1v) is 10.2. The van der Waals surface area contributed by atoms with E-state index in [0.717, 1.165) is 39.5 Å². The molecule has 1 amide bonds. The molecule has 5 rings (SSSR count). The molecule has 1 fully saturated rings. The summed E-state index contributed by atoms with van der Waals surface area (Å²) in [5.74, 6) is -0.00823. The number of carbonyl (C=O) groups is 1. The predicted octanol–water partition coefficient (Wildman–Crippen LogP) is 3.86. The van der Waals surface area contributed by atoms with Gasteiger partial charge in [-0.3, -0.25) is 4.79 Å². The number of fused-ring (bicyclic) bond motifs is 2. The van der Waals surface area contributed by atoms with E-state index < -0.39 is 0 Å². The summed E-state index contributed by atoms with van der Waals surface area (Å²) in [6.07, 6.45) is 1.78. The lowest BCUT2D eigenvalue weighted by Gasteiger charge is -2.34. The van der Waals surface area contributed by atoms with E-state index in [9.17, 15) is 4.79 Å². The molecule has 140 valence electrons. The second kappa shape index (κ2) is 7.00. The molecule has 4 aromatic rings. The van der Waals surface area contributed by atoms with Gasteiger partial charge in [-0.2, -0.15) is 0 Å². The highest BCUT2D eigenvalue weighted by Gasteiger charge is 2.25. The molecule has 0 atom stereocenters. The maximum Gasteiger partial charge on any atom is 0.254 e. The van der Waals surface area contributed by atoms with Gasteiger partial charge in [0.25, 0.3) is 5.91 Å². The number of para-hydroxylation sites is 1. The number of anilines is 1. The largest absolute Gasteiger partial charge is 0.344 e. The molecular weight excluding hydrogens is 394 g/mol. The van der Waals surface area contributed by atoms with Crippen molar-refractivity contribution in [3.63, 3.8) is 0 Å². The van der Waals surface area contributed by atoms with Crippen LogP contribution in [0.25, 0.3) is 21.3 Å². The molecule has 0 radical (unpaired) electrons. The average Bonchev–Trinajstić information content (AvgIpc) is 3.17. The van der Waals surface area contributed by atoms with E-state index in [1.165, 1.54) is 0 Å². The van der Waals surface area contributed by atoms with Crippen LogP contribution >= 0.6 is 22.9 Å². The van der Waals surface area contributed by atoms with Crippen molar-refractivity contribution in [2.24, 2.45) is 0 Å². The van der Waals surface area contributed by atoms with Crippen LogP contribution in [0.2, 0.25) is 5.15 Å². The van der Waals surface area contributed by atoms with Crippen LogP contribution in [0, 0.1) is 0 Å². The number of amides is 1. The summed E-state index contributed by atoms with van der Waals surface area (Å²) in [7, 11) is 0. The van der Waals surface area contributed by atoms with Crippen LogP contribution < -0.4 is 4.90 Å². The van der Waals surface area contributed by atoms with Gasteiger partial charge < -0.3 is 9.80 Å². The van der Waals surface area contributed by atoms with E-state index in [-0.39, 0.29) is 5.91 Å². The minimum Gasteiger partial charge on any atom is -0.344 e. The lowest BCUT2D eigenvalue weighted by Crippen LogP contribution is -2.48. The van der Waals surface area contributed by atoms with Gasteiger partial charge in [0.1, 0.15) is 15.5 Å². The number of benzene rings is 1. The third kappa shape index (κ3) is 3.06. The van der Waals surface area contributed by atoms with Crippen molar-refractivity contribution in [2.75, 3.05) is 31.1 Å². The lowest BCUT2D eigenvalue weighted by atomic mass is 10.1. The molecule has 0 aliphatic carbocycles. The third-order valence-electron chi connectivity index (χ3n) is 4.91. The van der Waals surface area contributed by atoms with Gasteiger partial charge in [-0.15, -0.1) is 0 Å². The third-order valence-corrected chi connectivity index (χ3v) is 6.14. The van der Waals surface area contributed by atoms with Crippen molar-refractivity contribution in [1.29, 1.82) is 0 Å². The summed E-state index contributed by atoms with van der Waals surface area (Å²) < 4.78 is 0. The smallest absolute Gasteiger partial charge is 0.254 e. The molecule has 0 spiro atoms. The number of piperazine rings is 1. The Hall–Kier alpha value is -2.77. The maximum atomic E-state index is 13.1. The van der Waals surface area contributed by atoms with Gasteiger partial charge in [0, 0.05) is 37.8 Å². The molecule has 0 N–H and O–H groups in total. The van der Waals surface area contributed by atoms with Gasteiger partial charge in [-0.25, -0.2) is 15.0 Å². The number of thiazole rings is 1. The summed E-state index contributed by atoms with van der Waals surface area (Å²) in [5, 5.41) is 2.12. The van der Waals surface area contributed by atoms with Crippen LogP contribution in [-0.4, -0.2) is 51.9 Å². The molecule has 1 aromatic carbocycles. The molecule has 1 aliphatic rings. The molecular formula is C20H16ClN5OS. The number of hydrogen-bond acceptors (Lipinski definition) is 6. The Kier molecular flexibility index (Phi) is 4.33. The molecule has 6 nitrogen and oxygen atoms in total. The van der Waals surface area contributed by atoms with Gasteiger partial charge in [0.15, 0.2) is 5.13 Å². The maximum absolute atomic E-state index is 13.1. The number of hydrogen-bond donors (Lipinski definition) is 0. The first kappa shape index (κ1) is 17.3. The Morgan fingerprint density at radius 3 is 2.61 bits per heavy atom.